The molecule has 0 bridgehead atoms. The van der Waals surface area contributed by atoms with E-state index >= 15 is 0 Å². The fourth-order valence-corrected chi connectivity index (χ4v) is 2.22. The topological polar surface area (TPSA) is 49.9 Å². The monoisotopic (exact) mass is 256 g/mol. The van der Waals surface area contributed by atoms with Gasteiger partial charge in [0.15, 0.2) is 0 Å². The molecule has 0 saturated carbocycles. The van der Waals surface area contributed by atoms with Crippen LogP contribution in [0.3, 0.4) is 0 Å². The molecule has 1 rings (SSSR count). The molecule has 0 spiro atoms. The van der Waals surface area contributed by atoms with Gasteiger partial charge in [-0.25, -0.2) is 0 Å². The number of piperidine rings is 1. The molecule has 18 heavy (non-hydrogen) atoms. The lowest BCUT2D eigenvalue weighted by Gasteiger charge is -2.31. The summed E-state index contributed by atoms with van der Waals surface area (Å²) < 4.78 is 4.89. The van der Waals surface area contributed by atoms with Gasteiger partial charge in [-0.3, -0.25) is 9.59 Å². The third-order valence-corrected chi connectivity index (χ3v) is 3.39. The molecule has 0 aromatic rings. The predicted octanol–water partition coefficient (Wildman–Crippen LogP) is 0.740. The Balaban J connectivity index is 2.48. The zero-order chi connectivity index (χ0) is 13.5. The second-order valence-corrected chi connectivity index (χ2v) is 4.73. The van der Waals surface area contributed by atoms with E-state index in [0.29, 0.717) is 13.2 Å². The summed E-state index contributed by atoms with van der Waals surface area (Å²) in [5.41, 5.74) is 0. The molecule has 0 unspecified atom stereocenters. The van der Waals surface area contributed by atoms with Crippen LogP contribution in [0.15, 0.2) is 0 Å². The highest BCUT2D eigenvalue weighted by atomic mass is 16.5. The lowest BCUT2D eigenvalue weighted by Crippen LogP contribution is -2.43. The number of hydrogen-bond acceptors (Lipinski definition) is 4. The summed E-state index contributed by atoms with van der Waals surface area (Å²) in [7, 11) is 2.07. The Kier molecular flexibility index (Phi) is 6.12. The Morgan fingerprint density at radius 1 is 1.28 bits per heavy atom. The lowest BCUT2D eigenvalue weighted by molar-refractivity contribution is -0.150. The summed E-state index contributed by atoms with van der Waals surface area (Å²) in [4.78, 5) is 27.5. The van der Waals surface area contributed by atoms with Gasteiger partial charge in [-0.1, -0.05) is 0 Å². The Labute approximate surface area is 109 Å². The zero-order valence-electron chi connectivity index (χ0n) is 11.6. The SMILES string of the molecule is CCOC(=O)CN(CC)C(=O)C1CCN(C)CC1. The number of likely N-dealkylation sites (N-methyl/N-ethyl adjacent to an activating group) is 1. The van der Waals surface area contributed by atoms with Crippen LogP contribution in [0.5, 0.6) is 0 Å². The highest BCUT2D eigenvalue weighted by Gasteiger charge is 2.27. The van der Waals surface area contributed by atoms with E-state index in [1.807, 2.05) is 6.92 Å². The summed E-state index contributed by atoms with van der Waals surface area (Å²) in [6.45, 7) is 6.57. The van der Waals surface area contributed by atoms with Crippen LogP contribution in [-0.4, -0.2) is 61.5 Å². The molecule has 0 aromatic carbocycles. The zero-order valence-corrected chi connectivity index (χ0v) is 11.6. The van der Waals surface area contributed by atoms with Gasteiger partial charge in [0.25, 0.3) is 0 Å². The van der Waals surface area contributed by atoms with Crippen molar-refractivity contribution in [1.29, 1.82) is 0 Å². The number of carbonyl (C=O) groups excluding carboxylic acids is 2. The van der Waals surface area contributed by atoms with E-state index in [0.717, 1.165) is 25.9 Å². The molecule has 0 atom stereocenters. The number of rotatable bonds is 5. The van der Waals surface area contributed by atoms with Crippen molar-refractivity contribution in [3.63, 3.8) is 0 Å². The van der Waals surface area contributed by atoms with E-state index in [-0.39, 0.29) is 24.3 Å². The van der Waals surface area contributed by atoms with Gasteiger partial charge in [-0.2, -0.15) is 0 Å². The normalized spacial score (nSPS) is 17.5. The standard InChI is InChI=1S/C13H24N2O3/c1-4-15(10-12(16)18-5-2)13(17)11-6-8-14(3)9-7-11/h11H,4-10H2,1-3H3. The molecule has 1 amide bonds. The molecule has 104 valence electrons. The maximum Gasteiger partial charge on any atom is 0.325 e. The van der Waals surface area contributed by atoms with Crippen LogP contribution in [0.2, 0.25) is 0 Å². The minimum absolute atomic E-state index is 0.0653. The van der Waals surface area contributed by atoms with E-state index < -0.39 is 0 Å². The van der Waals surface area contributed by atoms with E-state index in [9.17, 15) is 9.59 Å². The first-order valence-electron chi connectivity index (χ1n) is 6.71. The highest BCUT2D eigenvalue weighted by Crippen LogP contribution is 2.18. The smallest absolute Gasteiger partial charge is 0.325 e. The first kappa shape index (κ1) is 15.0. The van der Waals surface area contributed by atoms with Gasteiger partial charge >= 0.3 is 5.97 Å². The average molecular weight is 256 g/mol. The maximum absolute atomic E-state index is 12.3. The molecule has 1 saturated heterocycles. The molecule has 5 nitrogen and oxygen atoms in total. The molecular formula is C13H24N2O3. The molecule has 0 aromatic heterocycles. The summed E-state index contributed by atoms with van der Waals surface area (Å²) >= 11 is 0. The van der Waals surface area contributed by atoms with Crippen LogP contribution in [0.4, 0.5) is 0 Å². The lowest BCUT2D eigenvalue weighted by atomic mass is 9.95. The number of nitrogens with zero attached hydrogens (tertiary/aromatic N) is 2. The molecule has 0 radical (unpaired) electrons. The molecule has 0 aliphatic carbocycles. The van der Waals surface area contributed by atoms with Crippen molar-refractivity contribution in [2.45, 2.75) is 26.7 Å². The maximum atomic E-state index is 12.3. The fraction of sp³-hybridized carbons (Fsp3) is 0.846. The number of carbonyl (C=O) groups is 2. The van der Waals surface area contributed by atoms with Gasteiger partial charge < -0.3 is 14.5 Å². The number of ether oxygens (including phenoxy) is 1. The van der Waals surface area contributed by atoms with E-state index in [1.54, 1.807) is 11.8 Å². The van der Waals surface area contributed by atoms with Crippen LogP contribution < -0.4 is 0 Å². The molecule has 1 aliphatic heterocycles. The Morgan fingerprint density at radius 2 is 1.89 bits per heavy atom. The van der Waals surface area contributed by atoms with Gasteiger partial charge in [-0.05, 0) is 46.8 Å². The average Bonchev–Trinajstić information content (AvgIpc) is 2.36. The number of hydrogen-bond donors (Lipinski definition) is 0. The van der Waals surface area contributed by atoms with Crippen LogP contribution in [0.25, 0.3) is 0 Å². The minimum atomic E-state index is -0.319. The first-order valence-corrected chi connectivity index (χ1v) is 6.71. The quantitative estimate of drug-likeness (QED) is 0.681. The van der Waals surface area contributed by atoms with Gasteiger partial charge in [0.1, 0.15) is 6.54 Å². The molecule has 5 heteroatoms. The third-order valence-electron chi connectivity index (χ3n) is 3.39. The number of amides is 1. The highest BCUT2D eigenvalue weighted by molar-refractivity contribution is 5.83. The predicted molar refractivity (Wildman–Crippen MR) is 69.1 cm³/mol. The molecule has 1 fully saturated rings. The molecule has 0 N–H and O–H groups in total. The van der Waals surface area contributed by atoms with Crippen LogP contribution in [0, 0.1) is 5.92 Å². The van der Waals surface area contributed by atoms with Crippen molar-refractivity contribution in [2.75, 3.05) is 39.8 Å². The minimum Gasteiger partial charge on any atom is -0.465 e. The van der Waals surface area contributed by atoms with Crippen molar-refractivity contribution in [3.05, 3.63) is 0 Å². The van der Waals surface area contributed by atoms with Crippen LogP contribution in [0.1, 0.15) is 26.7 Å². The third kappa shape index (κ3) is 4.29. The Hall–Kier alpha value is -1.10. The van der Waals surface area contributed by atoms with Gasteiger partial charge in [0.05, 0.1) is 6.61 Å². The van der Waals surface area contributed by atoms with Crippen molar-refractivity contribution in [3.8, 4) is 0 Å². The second kappa shape index (κ2) is 7.36. The van der Waals surface area contributed by atoms with Gasteiger partial charge in [0, 0.05) is 12.5 Å². The van der Waals surface area contributed by atoms with Crippen molar-refractivity contribution < 1.29 is 14.3 Å². The van der Waals surface area contributed by atoms with Crippen LogP contribution in [-0.2, 0) is 14.3 Å². The van der Waals surface area contributed by atoms with E-state index in [2.05, 4.69) is 11.9 Å². The fourth-order valence-electron chi connectivity index (χ4n) is 2.22. The molecular weight excluding hydrogens is 232 g/mol. The summed E-state index contributed by atoms with van der Waals surface area (Å²) in [6, 6.07) is 0. The first-order chi connectivity index (χ1) is 8.58. The van der Waals surface area contributed by atoms with E-state index in [4.69, 9.17) is 4.74 Å². The summed E-state index contributed by atoms with van der Waals surface area (Å²) in [5, 5.41) is 0. The van der Waals surface area contributed by atoms with Crippen molar-refractivity contribution in [1.82, 2.24) is 9.80 Å². The van der Waals surface area contributed by atoms with Gasteiger partial charge in [0.2, 0.25) is 5.91 Å². The van der Waals surface area contributed by atoms with E-state index in [1.165, 1.54) is 0 Å². The largest absolute Gasteiger partial charge is 0.465 e. The molecule has 1 heterocycles. The Bertz CT molecular complexity index is 286. The number of esters is 1. The Morgan fingerprint density at radius 3 is 2.39 bits per heavy atom. The van der Waals surface area contributed by atoms with Crippen molar-refractivity contribution in [2.24, 2.45) is 5.92 Å². The van der Waals surface area contributed by atoms with Crippen LogP contribution >= 0.6 is 0 Å². The number of likely N-dealkylation sites (tertiary alicyclic amines) is 1. The summed E-state index contributed by atoms with van der Waals surface area (Å²) in [6.07, 6.45) is 1.77. The summed E-state index contributed by atoms with van der Waals surface area (Å²) in [5.74, 6) is -0.158. The van der Waals surface area contributed by atoms with Crippen molar-refractivity contribution >= 4 is 11.9 Å². The molecule has 1 aliphatic rings. The van der Waals surface area contributed by atoms with Gasteiger partial charge in [-0.15, -0.1) is 0 Å². The second-order valence-electron chi connectivity index (χ2n) is 4.73.